The maximum absolute atomic E-state index is 13.7. The molecule has 1 heterocycles. The molecule has 0 aliphatic heterocycles. The number of nitrogens with zero attached hydrogens (tertiary/aromatic N) is 1. The summed E-state index contributed by atoms with van der Waals surface area (Å²) in [6.07, 6.45) is 0. The Kier molecular flexibility index (Phi) is 3.28. The molecular formula is C13H6Cl2F2N2S. The molecule has 0 bridgehead atoms. The summed E-state index contributed by atoms with van der Waals surface area (Å²) in [4.78, 5) is 2.71. The number of H-pyrrole nitrogens is 1. The Labute approximate surface area is 127 Å². The number of hydrogen-bond donors (Lipinski definition) is 1. The SMILES string of the molecule is Fc1cc(F)c2[nH]c(=S)n(-c3cc(Cl)cc(Cl)c3)c2c1. The van der Waals surface area contributed by atoms with Gasteiger partial charge in [-0.25, -0.2) is 8.78 Å². The van der Waals surface area contributed by atoms with Crippen LogP contribution < -0.4 is 0 Å². The van der Waals surface area contributed by atoms with Crippen LogP contribution in [-0.2, 0) is 0 Å². The van der Waals surface area contributed by atoms with E-state index in [0.29, 0.717) is 15.7 Å². The molecule has 20 heavy (non-hydrogen) atoms. The van der Waals surface area contributed by atoms with Crippen molar-refractivity contribution in [1.82, 2.24) is 9.55 Å². The lowest BCUT2D eigenvalue weighted by Gasteiger charge is -2.06. The molecule has 0 aliphatic carbocycles. The van der Waals surface area contributed by atoms with E-state index in [1.807, 2.05) is 0 Å². The Morgan fingerprint density at radius 3 is 2.30 bits per heavy atom. The lowest BCUT2D eigenvalue weighted by Crippen LogP contribution is -1.95. The van der Waals surface area contributed by atoms with Gasteiger partial charge in [0.2, 0.25) is 0 Å². The van der Waals surface area contributed by atoms with E-state index in [2.05, 4.69) is 4.98 Å². The van der Waals surface area contributed by atoms with Crippen molar-refractivity contribution < 1.29 is 8.78 Å². The molecule has 0 spiro atoms. The van der Waals surface area contributed by atoms with Crippen LogP contribution >= 0.6 is 35.4 Å². The molecule has 102 valence electrons. The molecule has 7 heteroatoms. The van der Waals surface area contributed by atoms with E-state index in [0.717, 1.165) is 6.07 Å². The molecule has 0 saturated carbocycles. The highest BCUT2D eigenvalue weighted by Gasteiger charge is 2.13. The van der Waals surface area contributed by atoms with Crippen molar-refractivity contribution in [3.63, 3.8) is 0 Å². The van der Waals surface area contributed by atoms with E-state index in [4.69, 9.17) is 35.4 Å². The van der Waals surface area contributed by atoms with E-state index in [1.54, 1.807) is 18.2 Å². The zero-order valence-corrected chi connectivity index (χ0v) is 12.1. The van der Waals surface area contributed by atoms with Gasteiger partial charge in [-0.15, -0.1) is 0 Å². The Balaban J connectivity index is 2.41. The number of nitrogens with one attached hydrogen (secondary N) is 1. The fourth-order valence-corrected chi connectivity index (χ4v) is 2.88. The predicted octanol–water partition coefficient (Wildman–Crippen LogP) is 5.27. The maximum atomic E-state index is 13.7. The van der Waals surface area contributed by atoms with Crippen molar-refractivity contribution in [3.8, 4) is 5.69 Å². The molecular weight excluding hydrogens is 325 g/mol. The molecule has 0 fully saturated rings. The van der Waals surface area contributed by atoms with Gasteiger partial charge in [0.25, 0.3) is 0 Å². The monoisotopic (exact) mass is 330 g/mol. The molecule has 0 atom stereocenters. The average molecular weight is 331 g/mol. The first-order valence-electron chi connectivity index (χ1n) is 5.52. The second-order valence-electron chi connectivity index (χ2n) is 4.17. The first kappa shape index (κ1) is 13.5. The Morgan fingerprint density at radius 2 is 1.65 bits per heavy atom. The quantitative estimate of drug-likeness (QED) is 0.602. The summed E-state index contributed by atoms with van der Waals surface area (Å²) in [5.74, 6) is -1.40. The van der Waals surface area contributed by atoms with Crippen LogP contribution in [0.1, 0.15) is 0 Å². The Hall–Kier alpha value is -1.43. The number of hydrogen-bond acceptors (Lipinski definition) is 1. The lowest BCUT2D eigenvalue weighted by atomic mass is 10.2. The van der Waals surface area contributed by atoms with Crippen molar-refractivity contribution >= 4 is 46.5 Å². The van der Waals surface area contributed by atoms with Gasteiger partial charge in [-0.2, -0.15) is 0 Å². The van der Waals surface area contributed by atoms with Gasteiger partial charge in [0.05, 0.1) is 11.2 Å². The first-order chi connectivity index (χ1) is 9.45. The summed E-state index contributed by atoms with van der Waals surface area (Å²) < 4.78 is 28.8. The number of halogens is 4. The zero-order chi connectivity index (χ0) is 14.4. The summed E-state index contributed by atoms with van der Waals surface area (Å²) in [5.41, 5.74) is 0.946. The summed E-state index contributed by atoms with van der Waals surface area (Å²) in [7, 11) is 0. The summed E-state index contributed by atoms with van der Waals surface area (Å²) in [6, 6.07) is 6.77. The smallest absolute Gasteiger partial charge is 0.182 e. The van der Waals surface area contributed by atoms with Gasteiger partial charge >= 0.3 is 0 Å². The third-order valence-corrected chi connectivity index (χ3v) is 3.54. The molecule has 1 N–H and O–H groups in total. The number of imidazole rings is 1. The standard InChI is InChI=1S/C13H6Cl2F2N2S/c14-6-1-7(15)3-9(2-6)19-11-5-8(16)4-10(17)12(11)18-13(19)20/h1-5H,(H,18,20). The minimum absolute atomic E-state index is 0.132. The van der Waals surface area contributed by atoms with Crippen molar-refractivity contribution in [2.45, 2.75) is 0 Å². The molecule has 0 amide bonds. The molecule has 2 aromatic carbocycles. The molecule has 0 unspecified atom stereocenters. The van der Waals surface area contributed by atoms with Crippen LogP contribution in [0.3, 0.4) is 0 Å². The lowest BCUT2D eigenvalue weighted by molar-refractivity contribution is 0.590. The second kappa shape index (κ2) is 4.84. The minimum Gasteiger partial charge on any atom is -0.328 e. The number of benzene rings is 2. The van der Waals surface area contributed by atoms with Crippen molar-refractivity contribution in [2.24, 2.45) is 0 Å². The van der Waals surface area contributed by atoms with Crippen LogP contribution in [0.25, 0.3) is 16.7 Å². The molecule has 0 saturated heterocycles. The number of rotatable bonds is 1. The zero-order valence-electron chi connectivity index (χ0n) is 9.75. The fourth-order valence-electron chi connectivity index (χ4n) is 2.06. The van der Waals surface area contributed by atoms with Gasteiger partial charge in [0.1, 0.15) is 11.3 Å². The van der Waals surface area contributed by atoms with Gasteiger partial charge in [-0.05, 0) is 30.4 Å². The highest BCUT2D eigenvalue weighted by atomic mass is 35.5. The predicted molar refractivity (Wildman–Crippen MR) is 78.4 cm³/mol. The highest BCUT2D eigenvalue weighted by Crippen LogP contribution is 2.27. The molecule has 3 aromatic rings. The average Bonchev–Trinajstić information content (AvgIpc) is 2.64. The van der Waals surface area contributed by atoms with Crippen LogP contribution in [0, 0.1) is 16.4 Å². The largest absolute Gasteiger partial charge is 0.328 e. The molecule has 0 aliphatic rings. The van der Waals surface area contributed by atoms with Crippen molar-refractivity contribution in [1.29, 1.82) is 0 Å². The number of aromatic amines is 1. The fraction of sp³-hybridized carbons (Fsp3) is 0. The van der Waals surface area contributed by atoms with Crippen molar-refractivity contribution in [3.05, 3.63) is 56.8 Å². The molecule has 3 rings (SSSR count). The third kappa shape index (κ3) is 2.22. The van der Waals surface area contributed by atoms with Gasteiger partial charge in [0, 0.05) is 22.2 Å². The topological polar surface area (TPSA) is 20.7 Å². The van der Waals surface area contributed by atoms with Gasteiger partial charge in [-0.1, -0.05) is 23.2 Å². The van der Waals surface area contributed by atoms with Crippen LogP contribution in [0.2, 0.25) is 10.0 Å². The minimum atomic E-state index is -0.710. The van der Waals surface area contributed by atoms with E-state index >= 15 is 0 Å². The number of aromatic nitrogens is 2. The summed E-state index contributed by atoms with van der Waals surface area (Å²) in [6.45, 7) is 0. The highest BCUT2D eigenvalue weighted by molar-refractivity contribution is 7.71. The van der Waals surface area contributed by atoms with E-state index in [9.17, 15) is 8.78 Å². The van der Waals surface area contributed by atoms with Gasteiger partial charge in [0.15, 0.2) is 10.6 Å². The number of fused-ring (bicyclic) bond motifs is 1. The maximum Gasteiger partial charge on any atom is 0.182 e. The summed E-state index contributed by atoms with van der Waals surface area (Å²) in [5, 5.41) is 0.807. The first-order valence-corrected chi connectivity index (χ1v) is 6.68. The van der Waals surface area contributed by atoms with Gasteiger partial charge in [-0.3, -0.25) is 4.57 Å². The molecule has 1 aromatic heterocycles. The van der Waals surface area contributed by atoms with E-state index in [1.165, 1.54) is 10.6 Å². The van der Waals surface area contributed by atoms with E-state index < -0.39 is 11.6 Å². The van der Waals surface area contributed by atoms with Crippen LogP contribution in [0.5, 0.6) is 0 Å². The van der Waals surface area contributed by atoms with Crippen LogP contribution in [-0.4, -0.2) is 9.55 Å². The molecule has 2 nitrogen and oxygen atoms in total. The van der Waals surface area contributed by atoms with Crippen molar-refractivity contribution in [2.75, 3.05) is 0 Å². The second-order valence-corrected chi connectivity index (χ2v) is 5.43. The Morgan fingerprint density at radius 1 is 1.00 bits per heavy atom. The van der Waals surface area contributed by atoms with Crippen LogP contribution in [0.15, 0.2) is 30.3 Å². The Bertz CT molecular complexity index is 866. The molecule has 0 radical (unpaired) electrons. The van der Waals surface area contributed by atoms with Gasteiger partial charge < -0.3 is 4.98 Å². The summed E-state index contributed by atoms with van der Waals surface area (Å²) >= 11 is 17.0. The van der Waals surface area contributed by atoms with E-state index in [-0.39, 0.29) is 15.8 Å². The third-order valence-electron chi connectivity index (χ3n) is 2.82. The normalized spacial score (nSPS) is 11.2. The van der Waals surface area contributed by atoms with Crippen LogP contribution in [0.4, 0.5) is 8.78 Å².